The normalized spacial score (nSPS) is 9.44. The predicted octanol–water partition coefficient (Wildman–Crippen LogP) is -1.30. The maximum atomic E-state index is 8.28. The maximum Gasteiger partial charge on any atom is 0.140 e. The van der Waals surface area contributed by atoms with E-state index in [9.17, 15) is 0 Å². The summed E-state index contributed by atoms with van der Waals surface area (Å²) in [6, 6.07) is 0. The van der Waals surface area contributed by atoms with Gasteiger partial charge in [0.2, 0.25) is 0 Å². The molecule has 0 bridgehead atoms. The number of aliphatic hydroxyl groups is 1. The molecule has 9 heavy (non-hydrogen) atoms. The smallest absolute Gasteiger partial charge is 0.140 e. The molecule has 0 saturated carbocycles. The van der Waals surface area contributed by atoms with E-state index >= 15 is 0 Å². The van der Waals surface area contributed by atoms with Crippen molar-refractivity contribution in [2.24, 2.45) is 0 Å². The first-order valence-electron chi connectivity index (χ1n) is 2.54. The second-order valence-electron chi connectivity index (χ2n) is 1.36. The average Bonchev–Trinajstić information content (AvgIpc) is 2.34. The summed E-state index contributed by atoms with van der Waals surface area (Å²) in [4.78, 5) is 5.98. The first kappa shape index (κ1) is 6.03. The third-order valence-electron chi connectivity index (χ3n) is 0.715. The Balaban J connectivity index is 2.30. The zero-order valence-corrected chi connectivity index (χ0v) is 4.77. The Morgan fingerprint density at radius 1 is 1.67 bits per heavy atom. The van der Waals surface area contributed by atoms with Crippen LogP contribution in [0.2, 0.25) is 0 Å². The lowest BCUT2D eigenvalue weighted by Gasteiger charge is -1.98. The number of aromatic nitrogens is 3. The van der Waals surface area contributed by atoms with Gasteiger partial charge in [0.15, 0.2) is 0 Å². The predicted molar refractivity (Wildman–Crippen MR) is 28.6 cm³/mol. The van der Waals surface area contributed by atoms with E-state index in [1.807, 2.05) is 0 Å². The van der Waals surface area contributed by atoms with Gasteiger partial charge in [0, 0.05) is 0 Å². The molecule has 0 amide bonds. The Bertz CT molecular complexity index is 151. The van der Waals surface area contributed by atoms with Gasteiger partial charge in [-0.2, -0.15) is 0 Å². The first-order valence-corrected chi connectivity index (χ1v) is 2.54. The topological polar surface area (TPSA) is 60.2 Å². The molecule has 0 spiro atoms. The summed E-state index contributed by atoms with van der Waals surface area (Å²) in [6.07, 6.45) is 3.05. The highest BCUT2D eigenvalue weighted by molar-refractivity contribution is 4.58. The first-order chi connectivity index (χ1) is 4.43. The Morgan fingerprint density at radius 3 is 3.11 bits per heavy atom. The van der Waals surface area contributed by atoms with Gasteiger partial charge in [-0.1, -0.05) is 4.85 Å². The molecule has 0 aliphatic carbocycles. The van der Waals surface area contributed by atoms with E-state index in [1.54, 1.807) is 6.20 Å². The minimum Gasteiger partial charge on any atom is -0.393 e. The van der Waals surface area contributed by atoms with Crippen LogP contribution < -0.4 is 4.84 Å². The van der Waals surface area contributed by atoms with Crippen LogP contribution in [0.5, 0.6) is 0 Å². The van der Waals surface area contributed by atoms with Crippen LogP contribution in [0.3, 0.4) is 0 Å². The van der Waals surface area contributed by atoms with Crippen molar-refractivity contribution in [1.29, 1.82) is 0 Å². The highest BCUT2D eigenvalue weighted by atomic mass is 16.7. The van der Waals surface area contributed by atoms with Crippen molar-refractivity contribution in [1.82, 2.24) is 15.2 Å². The van der Waals surface area contributed by atoms with Crippen molar-refractivity contribution in [3.05, 3.63) is 12.4 Å². The molecule has 5 heteroatoms. The number of hydrogen-bond donors (Lipinski definition) is 1. The van der Waals surface area contributed by atoms with Crippen molar-refractivity contribution in [2.75, 3.05) is 13.2 Å². The van der Waals surface area contributed by atoms with Gasteiger partial charge in [-0.15, -0.1) is 5.10 Å². The van der Waals surface area contributed by atoms with Crippen LogP contribution in [0.4, 0.5) is 0 Å². The van der Waals surface area contributed by atoms with Crippen LogP contribution in [-0.4, -0.2) is 33.5 Å². The fourth-order valence-electron chi connectivity index (χ4n) is 0.401. The molecule has 0 radical (unpaired) electrons. The third kappa shape index (κ3) is 1.69. The maximum absolute atomic E-state index is 8.28. The highest BCUT2D eigenvalue weighted by Crippen LogP contribution is 1.72. The zero-order valence-electron chi connectivity index (χ0n) is 4.77. The molecule has 1 heterocycles. The number of hydrogen-bond acceptors (Lipinski definition) is 4. The summed E-state index contributed by atoms with van der Waals surface area (Å²) in [5.41, 5.74) is 0. The van der Waals surface area contributed by atoms with E-state index < -0.39 is 0 Å². The molecule has 50 valence electrons. The largest absolute Gasteiger partial charge is 0.393 e. The average molecular weight is 129 g/mol. The lowest BCUT2D eigenvalue weighted by molar-refractivity contribution is 0.0508. The SMILES string of the molecule is OCCOn1ccnn1. The Hall–Kier alpha value is -1.10. The summed E-state index contributed by atoms with van der Waals surface area (Å²) in [7, 11) is 0. The van der Waals surface area contributed by atoms with Crippen LogP contribution in [0.15, 0.2) is 12.4 Å². The van der Waals surface area contributed by atoms with E-state index in [2.05, 4.69) is 10.3 Å². The van der Waals surface area contributed by atoms with Gasteiger partial charge in [0.1, 0.15) is 6.61 Å². The minimum absolute atomic E-state index is 0.0140. The van der Waals surface area contributed by atoms with Gasteiger partial charge >= 0.3 is 0 Å². The molecule has 0 aliphatic heterocycles. The van der Waals surface area contributed by atoms with E-state index in [0.29, 0.717) is 0 Å². The number of aliphatic hydroxyl groups excluding tert-OH is 1. The van der Waals surface area contributed by atoms with Crippen LogP contribution in [0.1, 0.15) is 0 Å². The molecule has 0 fully saturated rings. The van der Waals surface area contributed by atoms with Gasteiger partial charge in [-0.25, -0.2) is 0 Å². The van der Waals surface area contributed by atoms with Crippen molar-refractivity contribution in [3.63, 3.8) is 0 Å². The summed E-state index contributed by atoms with van der Waals surface area (Å²) in [5.74, 6) is 0. The summed E-state index contributed by atoms with van der Waals surface area (Å²) in [6.45, 7) is 0.225. The molecule has 1 rings (SSSR count). The standard InChI is InChI=1S/C4H7N3O2/c8-3-4-9-7-2-1-5-6-7/h1-2,8H,3-4H2. The summed E-state index contributed by atoms with van der Waals surface area (Å²) < 4.78 is 0. The quantitative estimate of drug-likeness (QED) is 0.551. The van der Waals surface area contributed by atoms with E-state index in [0.717, 1.165) is 0 Å². The molecule has 1 aromatic rings. The van der Waals surface area contributed by atoms with E-state index in [1.165, 1.54) is 11.0 Å². The molecule has 5 nitrogen and oxygen atoms in total. The summed E-state index contributed by atoms with van der Waals surface area (Å²) in [5, 5.41) is 15.2. The van der Waals surface area contributed by atoms with Crippen molar-refractivity contribution < 1.29 is 9.94 Å². The molecule has 1 N–H and O–H groups in total. The number of nitrogens with zero attached hydrogens (tertiary/aromatic N) is 3. The fraction of sp³-hybridized carbons (Fsp3) is 0.500. The molecule has 1 aromatic heterocycles. The van der Waals surface area contributed by atoms with E-state index in [-0.39, 0.29) is 13.2 Å². The van der Waals surface area contributed by atoms with Crippen molar-refractivity contribution >= 4 is 0 Å². The zero-order chi connectivity index (χ0) is 6.53. The summed E-state index contributed by atoms with van der Waals surface area (Å²) >= 11 is 0. The fourth-order valence-corrected chi connectivity index (χ4v) is 0.401. The molecule has 0 atom stereocenters. The molecule has 0 aliphatic rings. The lowest BCUT2D eigenvalue weighted by Crippen LogP contribution is -2.15. The van der Waals surface area contributed by atoms with Gasteiger partial charge in [-0.3, -0.25) is 0 Å². The van der Waals surface area contributed by atoms with Crippen LogP contribution in [0, 0.1) is 0 Å². The lowest BCUT2D eigenvalue weighted by atomic mass is 10.8. The molecular formula is C4H7N3O2. The van der Waals surface area contributed by atoms with Gasteiger partial charge in [0.05, 0.1) is 19.0 Å². The number of rotatable bonds is 3. The molecule has 0 aromatic carbocycles. The Morgan fingerprint density at radius 2 is 2.56 bits per heavy atom. The molecule has 0 saturated heterocycles. The highest BCUT2D eigenvalue weighted by Gasteiger charge is 1.86. The van der Waals surface area contributed by atoms with Crippen LogP contribution >= 0.6 is 0 Å². The van der Waals surface area contributed by atoms with Gasteiger partial charge in [-0.05, 0) is 5.21 Å². The van der Waals surface area contributed by atoms with Crippen molar-refractivity contribution in [3.8, 4) is 0 Å². The third-order valence-corrected chi connectivity index (χ3v) is 0.715. The van der Waals surface area contributed by atoms with Crippen molar-refractivity contribution in [2.45, 2.75) is 0 Å². The molecule has 0 unspecified atom stereocenters. The van der Waals surface area contributed by atoms with Crippen LogP contribution in [-0.2, 0) is 0 Å². The molecular weight excluding hydrogens is 122 g/mol. The second-order valence-corrected chi connectivity index (χ2v) is 1.36. The minimum atomic E-state index is -0.0140. The van der Waals surface area contributed by atoms with Crippen LogP contribution in [0.25, 0.3) is 0 Å². The second kappa shape index (κ2) is 3.03. The van der Waals surface area contributed by atoms with E-state index in [4.69, 9.17) is 9.94 Å². The Labute approximate surface area is 51.8 Å². The Kier molecular flexibility index (Phi) is 2.03. The van der Waals surface area contributed by atoms with Gasteiger partial charge in [0.25, 0.3) is 0 Å². The van der Waals surface area contributed by atoms with Gasteiger partial charge < -0.3 is 9.94 Å². The monoisotopic (exact) mass is 129 g/mol.